The summed E-state index contributed by atoms with van der Waals surface area (Å²) in [6, 6.07) is 16.6. The Kier molecular flexibility index (Phi) is 9.54. The average molecular weight is 646 g/mol. The molecule has 2 N–H and O–H groups in total. The van der Waals surface area contributed by atoms with E-state index in [9.17, 15) is 22.4 Å². The summed E-state index contributed by atoms with van der Waals surface area (Å²) in [6.45, 7) is 2.82. The van der Waals surface area contributed by atoms with Gasteiger partial charge in [-0.05, 0) is 122 Å². The Morgan fingerprint density at radius 3 is 2.29 bits per heavy atom. The van der Waals surface area contributed by atoms with Gasteiger partial charge in [-0.3, -0.25) is 4.79 Å². The fourth-order valence-electron chi connectivity index (χ4n) is 6.49. The zero-order valence-corrected chi connectivity index (χ0v) is 25.5. The van der Waals surface area contributed by atoms with Crippen LogP contribution in [-0.4, -0.2) is 54.9 Å². The molecule has 45 heavy (non-hydrogen) atoms. The van der Waals surface area contributed by atoms with E-state index in [1.807, 2.05) is 0 Å². The fraction of sp³-hybridized carbons (Fsp3) is 0.441. The van der Waals surface area contributed by atoms with Gasteiger partial charge in [-0.2, -0.15) is 13.2 Å². The molecule has 0 unspecified atom stereocenters. The summed E-state index contributed by atoms with van der Waals surface area (Å²) in [7, 11) is 0. The Morgan fingerprint density at radius 2 is 1.62 bits per heavy atom. The highest BCUT2D eigenvalue weighted by Gasteiger charge is 2.42. The molecular weight excluding hydrogens is 610 g/mol. The molecule has 6 nitrogen and oxygen atoms in total. The number of carbonyl (C=O) groups excluding carboxylic acids is 1. The topological polar surface area (TPSA) is 62.8 Å². The predicted octanol–water partition coefficient (Wildman–Crippen LogP) is 7.93. The van der Waals surface area contributed by atoms with Crippen molar-refractivity contribution in [3.05, 3.63) is 77.6 Å². The van der Waals surface area contributed by atoms with E-state index in [1.165, 1.54) is 12.1 Å². The zero-order valence-electron chi connectivity index (χ0n) is 24.7. The second-order valence-corrected chi connectivity index (χ2v) is 12.6. The number of rotatable bonds is 8. The van der Waals surface area contributed by atoms with Crippen LogP contribution in [0.3, 0.4) is 0 Å². The number of amides is 1. The highest BCUT2D eigenvalue weighted by Crippen LogP contribution is 2.45. The number of benzene rings is 3. The maximum atomic E-state index is 13.7. The largest absolute Gasteiger partial charge is 0.489 e. The smallest absolute Gasteiger partial charge is 0.391 e. The van der Waals surface area contributed by atoms with Crippen LogP contribution in [0.1, 0.15) is 60.4 Å². The van der Waals surface area contributed by atoms with Crippen molar-refractivity contribution < 1.29 is 31.8 Å². The molecule has 0 spiro atoms. The van der Waals surface area contributed by atoms with E-state index in [0.29, 0.717) is 48.7 Å². The molecule has 2 atom stereocenters. The Balaban J connectivity index is 1.25. The van der Waals surface area contributed by atoms with Gasteiger partial charge in [0.25, 0.3) is 5.91 Å². The maximum Gasteiger partial charge on any atom is 0.391 e. The van der Waals surface area contributed by atoms with E-state index in [2.05, 4.69) is 10.6 Å². The molecule has 0 aromatic heterocycles. The number of hydrogen-bond acceptors (Lipinski definition) is 5. The Morgan fingerprint density at radius 1 is 0.889 bits per heavy atom. The van der Waals surface area contributed by atoms with E-state index in [0.717, 1.165) is 42.6 Å². The van der Waals surface area contributed by atoms with Crippen molar-refractivity contribution in [1.29, 1.82) is 0 Å². The van der Waals surface area contributed by atoms with Crippen molar-refractivity contribution in [2.45, 2.75) is 62.8 Å². The third kappa shape index (κ3) is 7.73. The minimum Gasteiger partial charge on any atom is -0.489 e. The van der Waals surface area contributed by atoms with Crippen LogP contribution >= 0.6 is 11.8 Å². The number of anilines is 1. The highest BCUT2D eigenvalue weighted by molar-refractivity contribution is 6.13. The number of carbonyl (C=O) groups is 1. The van der Waals surface area contributed by atoms with Gasteiger partial charge >= 0.3 is 6.18 Å². The lowest BCUT2D eigenvalue weighted by Crippen LogP contribution is -2.27. The van der Waals surface area contributed by atoms with E-state index in [1.54, 1.807) is 52.9 Å². The Hall–Kier alpha value is -3.34. The summed E-state index contributed by atoms with van der Waals surface area (Å²) in [6.07, 6.45) is -1.94. The number of halogens is 5. The van der Waals surface area contributed by atoms with Crippen molar-refractivity contribution in [2.24, 2.45) is 5.92 Å². The van der Waals surface area contributed by atoms with E-state index >= 15 is 0 Å². The SMILES string of the molecule is O=C(Nc1ccc(O[C@H]2CCNC2)c(-c2ccc(F)cc2)c1)c1ccc(O[C@H]2CCN(Cl)C2)c(C2CCC(C(F)(F)F)CC2)c1. The van der Waals surface area contributed by atoms with Gasteiger partial charge < -0.3 is 20.1 Å². The number of nitrogens with one attached hydrogen (secondary N) is 2. The summed E-state index contributed by atoms with van der Waals surface area (Å²) in [5.74, 6) is -0.968. The number of alkyl halides is 3. The average Bonchev–Trinajstić information content (AvgIpc) is 3.69. The summed E-state index contributed by atoms with van der Waals surface area (Å²) < 4.78 is 68.1. The van der Waals surface area contributed by atoms with Crippen LogP contribution in [-0.2, 0) is 0 Å². The molecule has 0 radical (unpaired) electrons. The molecule has 6 rings (SSSR count). The highest BCUT2D eigenvalue weighted by atomic mass is 35.5. The van der Waals surface area contributed by atoms with Crippen molar-refractivity contribution in [3.63, 3.8) is 0 Å². The first-order chi connectivity index (χ1) is 21.6. The molecule has 2 aliphatic heterocycles. The second-order valence-electron chi connectivity index (χ2n) is 12.1. The lowest BCUT2D eigenvalue weighted by atomic mass is 9.78. The second kappa shape index (κ2) is 13.6. The molecule has 1 aliphatic carbocycles. The van der Waals surface area contributed by atoms with Gasteiger partial charge in [0.15, 0.2) is 0 Å². The third-order valence-electron chi connectivity index (χ3n) is 8.99. The molecule has 2 saturated heterocycles. The van der Waals surface area contributed by atoms with Crippen LogP contribution in [0.15, 0.2) is 60.7 Å². The van der Waals surface area contributed by atoms with Gasteiger partial charge in [0.2, 0.25) is 0 Å². The van der Waals surface area contributed by atoms with E-state index in [-0.39, 0.29) is 42.7 Å². The molecule has 3 fully saturated rings. The Bertz CT molecular complexity index is 1490. The molecule has 240 valence electrons. The summed E-state index contributed by atoms with van der Waals surface area (Å²) >= 11 is 6.14. The first-order valence-corrected chi connectivity index (χ1v) is 15.8. The van der Waals surface area contributed by atoms with Crippen molar-refractivity contribution in [1.82, 2.24) is 9.74 Å². The first kappa shape index (κ1) is 31.6. The van der Waals surface area contributed by atoms with Gasteiger partial charge in [-0.1, -0.05) is 12.1 Å². The van der Waals surface area contributed by atoms with E-state index in [4.69, 9.17) is 21.3 Å². The normalized spacial score (nSPS) is 24.0. The van der Waals surface area contributed by atoms with Gasteiger partial charge in [0, 0.05) is 29.9 Å². The molecule has 3 aromatic rings. The van der Waals surface area contributed by atoms with Crippen LogP contribution in [0.5, 0.6) is 11.5 Å². The van der Waals surface area contributed by atoms with Crippen LogP contribution in [0.2, 0.25) is 0 Å². The summed E-state index contributed by atoms with van der Waals surface area (Å²) in [5.41, 5.74) is 3.11. The lowest BCUT2D eigenvalue weighted by Gasteiger charge is -2.31. The fourth-order valence-corrected chi connectivity index (χ4v) is 6.74. The van der Waals surface area contributed by atoms with Gasteiger partial charge in [0.1, 0.15) is 29.5 Å². The number of ether oxygens (including phenoxy) is 2. The first-order valence-electron chi connectivity index (χ1n) is 15.5. The predicted molar refractivity (Wildman–Crippen MR) is 165 cm³/mol. The minimum absolute atomic E-state index is 0.00624. The molecule has 2 heterocycles. The van der Waals surface area contributed by atoms with Crippen molar-refractivity contribution in [2.75, 3.05) is 31.5 Å². The zero-order chi connectivity index (χ0) is 31.6. The molecule has 11 heteroatoms. The summed E-state index contributed by atoms with van der Waals surface area (Å²) in [5, 5.41) is 6.24. The monoisotopic (exact) mass is 645 g/mol. The van der Waals surface area contributed by atoms with Gasteiger partial charge in [-0.15, -0.1) is 0 Å². The van der Waals surface area contributed by atoms with Crippen molar-refractivity contribution in [3.8, 4) is 22.6 Å². The lowest BCUT2D eigenvalue weighted by molar-refractivity contribution is -0.182. The van der Waals surface area contributed by atoms with E-state index < -0.39 is 12.1 Å². The Labute approximate surface area is 265 Å². The van der Waals surface area contributed by atoms with Crippen LogP contribution in [0, 0.1) is 11.7 Å². The number of hydrogen-bond donors (Lipinski definition) is 2. The molecule has 1 amide bonds. The van der Waals surface area contributed by atoms with Crippen molar-refractivity contribution >= 4 is 23.4 Å². The standard InChI is InChI=1S/C34H36ClF4N3O3/c35-42-16-14-28(20-42)45-31-11-5-23(17-29(31)21-1-6-24(7-2-21)34(37,38)39)33(43)41-26-10-12-32(44-27-13-15-40-19-27)30(18-26)22-3-8-25(36)9-4-22/h3-5,8-12,17-18,21,24,27-28,40H,1-2,6-7,13-16,19-20H2,(H,41,43)/t21?,24?,27-,28-/m0/s1. The third-order valence-corrected chi connectivity index (χ3v) is 9.30. The van der Waals surface area contributed by atoms with Crippen LogP contribution < -0.4 is 20.1 Å². The summed E-state index contributed by atoms with van der Waals surface area (Å²) in [4.78, 5) is 13.6. The maximum absolute atomic E-state index is 13.7. The molecule has 1 saturated carbocycles. The molecule has 0 bridgehead atoms. The molecule has 3 aliphatic rings. The minimum atomic E-state index is -4.21. The van der Waals surface area contributed by atoms with Gasteiger partial charge in [0.05, 0.1) is 12.5 Å². The van der Waals surface area contributed by atoms with Gasteiger partial charge in [-0.25, -0.2) is 8.81 Å². The quantitative estimate of drug-likeness (QED) is 0.192. The number of nitrogens with zero attached hydrogens (tertiary/aromatic N) is 1. The van der Waals surface area contributed by atoms with Crippen LogP contribution in [0.4, 0.5) is 23.2 Å². The molecular formula is C34H36ClF4N3O3. The molecule has 3 aromatic carbocycles. The van der Waals surface area contributed by atoms with Crippen LogP contribution in [0.25, 0.3) is 11.1 Å².